The first-order valence-electron chi connectivity index (χ1n) is 5.85. The molecule has 0 saturated heterocycles. The Morgan fingerprint density at radius 3 is 2.17 bits per heavy atom. The molecule has 0 aliphatic heterocycles. The summed E-state index contributed by atoms with van der Waals surface area (Å²) in [6, 6.07) is 2.91. The Balaban J connectivity index is 2.52. The van der Waals surface area contributed by atoms with Crippen molar-refractivity contribution < 1.29 is 18.3 Å². The van der Waals surface area contributed by atoms with Gasteiger partial charge in [-0.2, -0.15) is 0 Å². The van der Waals surface area contributed by atoms with Crippen LogP contribution in [0, 0.1) is 0 Å². The summed E-state index contributed by atoms with van der Waals surface area (Å²) >= 11 is 0. The summed E-state index contributed by atoms with van der Waals surface area (Å²) in [5, 5.41) is 0. The highest BCUT2D eigenvalue weighted by atomic mass is 19.3. The van der Waals surface area contributed by atoms with E-state index in [9.17, 15) is 8.78 Å². The molecule has 0 radical (unpaired) electrons. The minimum absolute atomic E-state index is 0.164. The second-order valence-electron chi connectivity index (χ2n) is 4.60. The molecule has 2 rings (SSSR count). The molecule has 0 unspecified atom stereocenters. The van der Waals surface area contributed by atoms with Crippen LogP contribution in [-0.2, 0) is 5.54 Å². The predicted octanol–water partition coefficient (Wildman–Crippen LogP) is 2.98. The van der Waals surface area contributed by atoms with E-state index in [-0.39, 0.29) is 11.3 Å². The molecular formula is C13H17F2NO2. The van der Waals surface area contributed by atoms with Crippen molar-refractivity contribution in [2.24, 2.45) is 5.73 Å². The highest BCUT2D eigenvalue weighted by Gasteiger charge is 2.38. The maximum atomic E-state index is 12.9. The van der Waals surface area contributed by atoms with E-state index >= 15 is 0 Å². The molecule has 3 nitrogen and oxygen atoms in total. The Bertz CT molecular complexity index is 445. The third-order valence-electron chi connectivity index (χ3n) is 3.57. The fourth-order valence-electron chi connectivity index (χ4n) is 2.31. The molecule has 0 spiro atoms. The van der Waals surface area contributed by atoms with Gasteiger partial charge in [0.1, 0.15) is 11.5 Å². The zero-order valence-corrected chi connectivity index (χ0v) is 10.5. The van der Waals surface area contributed by atoms with E-state index < -0.39 is 12.0 Å². The maximum absolute atomic E-state index is 12.9. The quantitative estimate of drug-likeness (QED) is 0.901. The van der Waals surface area contributed by atoms with Crippen molar-refractivity contribution in [1.82, 2.24) is 0 Å². The molecule has 0 heterocycles. The molecule has 100 valence electrons. The van der Waals surface area contributed by atoms with Crippen LogP contribution in [0.3, 0.4) is 0 Å². The molecule has 5 heteroatoms. The minimum atomic E-state index is -2.60. The number of alkyl halides is 2. The number of methoxy groups -OCH3 is 2. The van der Waals surface area contributed by atoms with Gasteiger partial charge in [-0.05, 0) is 31.4 Å². The topological polar surface area (TPSA) is 44.5 Å². The lowest BCUT2D eigenvalue weighted by Gasteiger charge is -2.39. The van der Waals surface area contributed by atoms with Crippen LogP contribution in [0.1, 0.15) is 36.8 Å². The van der Waals surface area contributed by atoms with E-state index in [4.69, 9.17) is 15.2 Å². The Morgan fingerprint density at radius 2 is 1.78 bits per heavy atom. The van der Waals surface area contributed by atoms with Crippen molar-refractivity contribution in [3.63, 3.8) is 0 Å². The zero-order chi connectivity index (χ0) is 13.3. The van der Waals surface area contributed by atoms with Crippen molar-refractivity contribution in [3.05, 3.63) is 23.3 Å². The molecule has 1 fully saturated rings. The summed E-state index contributed by atoms with van der Waals surface area (Å²) < 4.78 is 36.0. The van der Waals surface area contributed by atoms with Gasteiger partial charge in [-0.3, -0.25) is 0 Å². The van der Waals surface area contributed by atoms with Gasteiger partial charge >= 0.3 is 0 Å². The van der Waals surface area contributed by atoms with E-state index in [2.05, 4.69) is 0 Å². The van der Waals surface area contributed by atoms with Gasteiger partial charge < -0.3 is 15.2 Å². The lowest BCUT2D eigenvalue weighted by atomic mass is 9.72. The molecule has 1 aliphatic rings. The SMILES string of the molecule is COc1cc(C2(N)CCC2)c(OC)cc1C(F)F. The molecule has 1 aliphatic carbocycles. The van der Waals surface area contributed by atoms with Crippen LogP contribution >= 0.6 is 0 Å². The molecule has 1 aromatic rings. The first-order chi connectivity index (χ1) is 8.51. The lowest BCUT2D eigenvalue weighted by Crippen LogP contribution is -2.43. The van der Waals surface area contributed by atoms with Crippen LogP contribution in [0.25, 0.3) is 0 Å². The van der Waals surface area contributed by atoms with E-state index in [0.717, 1.165) is 24.8 Å². The van der Waals surface area contributed by atoms with Gasteiger partial charge in [-0.15, -0.1) is 0 Å². The smallest absolute Gasteiger partial charge is 0.267 e. The second-order valence-corrected chi connectivity index (χ2v) is 4.60. The van der Waals surface area contributed by atoms with Crippen LogP contribution in [0.5, 0.6) is 11.5 Å². The molecule has 0 amide bonds. The molecule has 0 aromatic heterocycles. The van der Waals surface area contributed by atoms with Gasteiger partial charge in [-0.1, -0.05) is 0 Å². The van der Waals surface area contributed by atoms with Crippen molar-refractivity contribution in [2.75, 3.05) is 14.2 Å². The molecule has 2 N–H and O–H groups in total. The second kappa shape index (κ2) is 4.72. The summed E-state index contributed by atoms with van der Waals surface area (Å²) in [6.45, 7) is 0. The van der Waals surface area contributed by atoms with Crippen molar-refractivity contribution in [2.45, 2.75) is 31.2 Å². The number of rotatable bonds is 4. The monoisotopic (exact) mass is 257 g/mol. The fraction of sp³-hybridized carbons (Fsp3) is 0.538. The number of hydrogen-bond donors (Lipinski definition) is 1. The van der Waals surface area contributed by atoms with Crippen molar-refractivity contribution in [1.29, 1.82) is 0 Å². The summed E-state index contributed by atoms with van der Waals surface area (Å²) in [4.78, 5) is 0. The average molecular weight is 257 g/mol. The third kappa shape index (κ3) is 2.03. The summed E-state index contributed by atoms with van der Waals surface area (Å²) in [7, 11) is 2.84. The zero-order valence-electron chi connectivity index (χ0n) is 10.5. The number of hydrogen-bond acceptors (Lipinski definition) is 3. The average Bonchev–Trinajstić information content (AvgIpc) is 2.34. The molecular weight excluding hydrogens is 240 g/mol. The van der Waals surface area contributed by atoms with Gasteiger partial charge in [-0.25, -0.2) is 8.78 Å². The van der Waals surface area contributed by atoms with Crippen LogP contribution < -0.4 is 15.2 Å². The first-order valence-corrected chi connectivity index (χ1v) is 5.85. The third-order valence-corrected chi connectivity index (χ3v) is 3.57. The normalized spacial score (nSPS) is 17.4. The number of halogens is 2. The van der Waals surface area contributed by atoms with Crippen LogP contribution in [0.15, 0.2) is 12.1 Å². The Kier molecular flexibility index (Phi) is 3.43. The Morgan fingerprint density at radius 1 is 1.17 bits per heavy atom. The lowest BCUT2D eigenvalue weighted by molar-refractivity contribution is 0.146. The van der Waals surface area contributed by atoms with Gasteiger partial charge in [0.05, 0.1) is 19.8 Å². The highest BCUT2D eigenvalue weighted by Crippen LogP contribution is 2.46. The summed E-state index contributed by atoms with van der Waals surface area (Å²) in [6.07, 6.45) is 0.109. The largest absolute Gasteiger partial charge is 0.496 e. The van der Waals surface area contributed by atoms with Gasteiger partial charge in [0, 0.05) is 11.1 Å². The van der Waals surface area contributed by atoms with Crippen LogP contribution in [-0.4, -0.2) is 14.2 Å². The molecule has 0 bridgehead atoms. The van der Waals surface area contributed by atoms with Gasteiger partial charge in [0.15, 0.2) is 0 Å². The Labute approximate surface area is 105 Å². The standard InChI is InChI=1S/C13H17F2NO2/c1-17-10-7-9(13(16)4-3-5-13)11(18-2)6-8(10)12(14)15/h6-7,12H,3-5,16H2,1-2H3. The predicted molar refractivity (Wildman–Crippen MR) is 64.2 cm³/mol. The van der Waals surface area contributed by atoms with E-state index in [1.165, 1.54) is 20.3 Å². The Hall–Kier alpha value is -1.36. The van der Waals surface area contributed by atoms with E-state index in [0.29, 0.717) is 5.75 Å². The van der Waals surface area contributed by atoms with Crippen LogP contribution in [0.2, 0.25) is 0 Å². The fourth-order valence-corrected chi connectivity index (χ4v) is 2.31. The molecule has 1 saturated carbocycles. The molecule has 18 heavy (non-hydrogen) atoms. The van der Waals surface area contributed by atoms with Crippen molar-refractivity contribution >= 4 is 0 Å². The van der Waals surface area contributed by atoms with Crippen molar-refractivity contribution in [3.8, 4) is 11.5 Å². The van der Waals surface area contributed by atoms with Crippen LogP contribution in [0.4, 0.5) is 8.78 Å². The molecule has 0 atom stereocenters. The number of benzene rings is 1. The summed E-state index contributed by atoms with van der Waals surface area (Å²) in [5.74, 6) is 0.575. The van der Waals surface area contributed by atoms with E-state index in [1.807, 2.05) is 0 Å². The van der Waals surface area contributed by atoms with Gasteiger partial charge in [0.25, 0.3) is 6.43 Å². The summed E-state index contributed by atoms with van der Waals surface area (Å²) in [5.41, 5.74) is 6.34. The maximum Gasteiger partial charge on any atom is 0.267 e. The highest BCUT2D eigenvalue weighted by molar-refractivity contribution is 5.50. The molecule has 1 aromatic carbocycles. The number of ether oxygens (including phenoxy) is 2. The van der Waals surface area contributed by atoms with Gasteiger partial charge in [0.2, 0.25) is 0 Å². The number of nitrogens with two attached hydrogens (primary N) is 1. The van der Waals surface area contributed by atoms with E-state index in [1.54, 1.807) is 6.07 Å². The minimum Gasteiger partial charge on any atom is -0.496 e. The first kappa shape index (κ1) is 13.1.